The van der Waals surface area contributed by atoms with Crippen molar-refractivity contribution in [3.05, 3.63) is 0 Å². The summed E-state index contributed by atoms with van der Waals surface area (Å²) in [5.41, 5.74) is 0. The van der Waals surface area contributed by atoms with Gasteiger partial charge >= 0.3 is 0 Å². The molecular weight excluding hydrogens is 144 g/mol. The SMILES string of the molecule is CCCCCC1SC1CO. The van der Waals surface area contributed by atoms with Crippen LogP contribution in [-0.4, -0.2) is 22.2 Å². The molecule has 1 aliphatic rings. The van der Waals surface area contributed by atoms with E-state index in [4.69, 9.17) is 5.11 Å². The third-order valence-electron chi connectivity index (χ3n) is 1.96. The number of unbranched alkanes of at least 4 members (excludes halogenated alkanes) is 2. The highest BCUT2D eigenvalue weighted by Gasteiger charge is 2.36. The van der Waals surface area contributed by atoms with Crippen LogP contribution in [0.2, 0.25) is 0 Å². The van der Waals surface area contributed by atoms with Crippen molar-refractivity contribution in [1.29, 1.82) is 0 Å². The van der Waals surface area contributed by atoms with E-state index in [1.54, 1.807) is 0 Å². The maximum absolute atomic E-state index is 8.71. The molecule has 0 spiro atoms. The molecule has 1 nitrogen and oxygen atoms in total. The van der Waals surface area contributed by atoms with E-state index in [0.29, 0.717) is 11.9 Å². The molecule has 1 heterocycles. The van der Waals surface area contributed by atoms with Crippen LogP contribution in [0, 0.1) is 0 Å². The summed E-state index contributed by atoms with van der Waals surface area (Å²) in [5.74, 6) is 0. The molecule has 60 valence electrons. The zero-order valence-electron chi connectivity index (χ0n) is 6.55. The van der Waals surface area contributed by atoms with E-state index in [-0.39, 0.29) is 0 Å². The summed E-state index contributed by atoms with van der Waals surface area (Å²) in [5, 5.41) is 10.1. The van der Waals surface area contributed by atoms with E-state index >= 15 is 0 Å². The highest BCUT2D eigenvalue weighted by atomic mass is 32.2. The number of hydrogen-bond donors (Lipinski definition) is 1. The number of aliphatic hydroxyl groups excluding tert-OH is 1. The Morgan fingerprint density at radius 3 is 2.60 bits per heavy atom. The van der Waals surface area contributed by atoms with Gasteiger partial charge in [0.1, 0.15) is 0 Å². The molecule has 0 aromatic rings. The smallest absolute Gasteiger partial charge is 0.0560 e. The minimum atomic E-state index is 0.390. The molecule has 0 aromatic carbocycles. The molecule has 0 aliphatic carbocycles. The zero-order chi connectivity index (χ0) is 7.40. The zero-order valence-corrected chi connectivity index (χ0v) is 7.36. The number of hydrogen-bond acceptors (Lipinski definition) is 2. The molecule has 0 amide bonds. The van der Waals surface area contributed by atoms with Crippen LogP contribution < -0.4 is 0 Å². The van der Waals surface area contributed by atoms with Gasteiger partial charge in [-0.2, -0.15) is 11.8 Å². The first-order valence-electron chi connectivity index (χ1n) is 4.14. The second kappa shape index (κ2) is 4.24. The Bertz CT molecular complexity index is 95.3. The monoisotopic (exact) mass is 160 g/mol. The Hall–Kier alpha value is 0.310. The quantitative estimate of drug-likeness (QED) is 0.490. The summed E-state index contributed by atoms with van der Waals surface area (Å²) < 4.78 is 0. The van der Waals surface area contributed by atoms with Crippen molar-refractivity contribution in [3.63, 3.8) is 0 Å². The molecule has 0 bridgehead atoms. The van der Waals surface area contributed by atoms with Gasteiger partial charge in [-0.1, -0.05) is 26.2 Å². The molecular formula is C8H16OS. The van der Waals surface area contributed by atoms with Crippen LogP contribution >= 0.6 is 11.8 Å². The molecule has 0 aromatic heterocycles. The van der Waals surface area contributed by atoms with Crippen LogP contribution in [0.25, 0.3) is 0 Å². The van der Waals surface area contributed by atoms with Crippen molar-refractivity contribution in [2.45, 2.75) is 43.1 Å². The van der Waals surface area contributed by atoms with E-state index in [2.05, 4.69) is 6.92 Å². The summed E-state index contributed by atoms with van der Waals surface area (Å²) in [4.78, 5) is 0. The predicted octanol–water partition coefficient (Wildman–Crippen LogP) is 2.04. The first-order chi connectivity index (χ1) is 4.88. The standard InChI is InChI=1S/C8H16OS/c1-2-3-4-5-7-8(6-9)10-7/h7-9H,2-6H2,1H3. The van der Waals surface area contributed by atoms with Crippen LogP contribution in [0.1, 0.15) is 32.6 Å². The van der Waals surface area contributed by atoms with Gasteiger partial charge in [0.25, 0.3) is 0 Å². The number of thioether (sulfide) groups is 1. The summed E-state index contributed by atoms with van der Waals surface area (Å²) in [6.07, 6.45) is 5.34. The van der Waals surface area contributed by atoms with Crippen molar-refractivity contribution in [2.24, 2.45) is 0 Å². The van der Waals surface area contributed by atoms with E-state index in [0.717, 1.165) is 5.25 Å². The number of aliphatic hydroxyl groups is 1. The Morgan fingerprint density at radius 2 is 2.10 bits per heavy atom. The molecule has 2 heteroatoms. The van der Waals surface area contributed by atoms with E-state index in [9.17, 15) is 0 Å². The van der Waals surface area contributed by atoms with Gasteiger partial charge in [-0.15, -0.1) is 0 Å². The molecule has 1 aliphatic heterocycles. The summed E-state index contributed by atoms with van der Waals surface area (Å²) in [7, 11) is 0. The van der Waals surface area contributed by atoms with Gasteiger partial charge in [-0.05, 0) is 6.42 Å². The summed E-state index contributed by atoms with van der Waals surface area (Å²) >= 11 is 1.94. The average Bonchev–Trinajstić information content (AvgIpc) is 2.68. The molecule has 1 rings (SSSR count). The molecule has 2 unspecified atom stereocenters. The van der Waals surface area contributed by atoms with E-state index in [1.165, 1.54) is 25.7 Å². The lowest BCUT2D eigenvalue weighted by atomic mass is 10.1. The molecule has 1 saturated heterocycles. The highest BCUT2D eigenvalue weighted by Crippen LogP contribution is 2.43. The lowest BCUT2D eigenvalue weighted by molar-refractivity contribution is 0.301. The van der Waals surface area contributed by atoms with Crippen molar-refractivity contribution >= 4 is 11.8 Å². The topological polar surface area (TPSA) is 20.2 Å². The average molecular weight is 160 g/mol. The van der Waals surface area contributed by atoms with Crippen molar-refractivity contribution in [3.8, 4) is 0 Å². The van der Waals surface area contributed by atoms with Crippen molar-refractivity contribution in [2.75, 3.05) is 6.61 Å². The Balaban J connectivity index is 1.87. The molecule has 10 heavy (non-hydrogen) atoms. The number of rotatable bonds is 5. The third kappa shape index (κ3) is 2.51. The first kappa shape index (κ1) is 8.41. The molecule has 0 radical (unpaired) electrons. The molecule has 2 atom stereocenters. The van der Waals surface area contributed by atoms with Crippen LogP contribution in [0.5, 0.6) is 0 Å². The summed E-state index contributed by atoms with van der Waals surface area (Å²) in [6.45, 7) is 2.62. The summed E-state index contributed by atoms with van der Waals surface area (Å²) in [6, 6.07) is 0. The van der Waals surface area contributed by atoms with Gasteiger partial charge in [0.05, 0.1) is 6.61 Å². The Kier molecular flexibility index (Phi) is 3.57. The minimum Gasteiger partial charge on any atom is -0.395 e. The van der Waals surface area contributed by atoms with E-state index in [1.807, 2.05) is 11.8 Å². The van der Waals surface area contributed by atoms with Gasteiger partial charge < -0.3 is 5.11 Å². The predicted molar refractivity (Wildman–Crippen MR) is 46.4 cm³/mol. The largest absolute Gasteiger partial charge is 0.395 e. The lowest BCUT2D eigenvalue weighted by Crippen LogP contribution is -1.98. The minimum absolute atomic E-state index is 0.390. The van der Waals surface area contributed by atoms with Gasteiger partial charge in [0.15, 0.2) is 0 Å². The van der Waals surface area contributed by atoms with Crippen LogP contribution in [0.15, 0.2) is 0 Å². The Morgan fingerprint density at radius 1 is 1.30 bits per heavy atom. The van der Waals surface area contributed by atoms with Crippen molar-refractivity contribution < 1.29 is 5.11 Å². The maximum atomic E-state index is 8.71. The normalized spacial score (nSPS) is 30.6. The molecule has 1 fully saturated rings. The van der Waals surface area contributed by atoms with Gasteiger partial charge in [0, 0.05) is 10.5 Å². The van der Waals surface area contributed by atoms with E-state index < -0.39 is 0 Å². The lowest BCUT2D eigenvalue weighted by Gasteiger charge is -1.94. The fourth-order valence-electron chi connectivity index (χ4n) is 1.19. The first-order valence-corrected chi connectivity index (χ1v) is 5.09. The molecule has 1 N–H and O–H groups in total. The second-order valence-corrected chi connectivity index (χ2v) is 4.37. The fraction of sp³-hybridized carbons (Fsp3) is 1.00. The van der Waals surface area contributed by atoms with Crippen molar-refractivity contribution in [1.82, 2.24) is 0 Å². The second-order valence-electron chi connectivity index (χ2n) is 2.89. The fourth-order valence-corrected chi connectivity index (χ4v) is 2.16. The van der Waals surface area contributed by atoms with Gasteiger partial charge in [0.2, 0.25) is 0 Å². The van der Waals surface area contributed by atoms with Gasteiger partial charge in [-0.3, -0.25) is 0 Å². The van der Waals surface area contributed by atoms with Crippen LogP contribution in [0.3, 0.4) is 0 Å². The Labute approximate surface area is 67.2 Å². The highest BCUT2D eigenvalue weighted by molar-refractivity contribution is 8.07. The van der Waals surface area contributed by atoms with Crippen LogP contribution in [0.4, 0.5) is 0 Å². The van der Waals surface area contributed by atoms with Crippen LogP contribution in [-0.2, 0) is 0 Å². The maximum Gasteiger partial charge on any atom is 0.0560 e. The third-order valence-corrected chi connectivity index (χ3v) is 3.39. The van der Waals surface area contributed by atoms with Gasteiger partial charge in [-0.25, -0.2) is 0 Å². The molecule has 0 saturated carbocycles.